The van der Waals surface area contributed by atoms with Gasteiger partial charge in [-0.25, -0.2) is 4.79 Å². The number of aromatic hydroxyl groups is 1. The summed E-state index contributed by atoms with van der Waals surface area (Å²) in [6, 6.07) is 14.9. The predicted molar refractivity (Wildman–Crippen MR) is 68.3 cm³/mol. The highest BCUT2D eigenvalue weighted by Crippen LogP contribution is 2.28. The maximum Gasteiger partial charge on any atom is 0.338 e. The van der Waals surface area contributed by atoms with Crippen molar-refractivity contribution < 1.29 is 14.6 Å². The molecule has 0 aliphatic rings. The first kappa shape index (κ1) is 12.2. The van der Waals surface area contributed by atoms with Gasteiger partial charge in [-0.2, -0.15) is 0 Å². The van der Waals surface area contributed by atoms with Crippen LogP contribution in [0, 0.1) is 6.07 Å². The predicted octanol–water partition coefficient (Wildman–Crippen LogP) is 3.04. The van der Waals surface area contributed by atoms with Gasteiger partial charge < -0.3 is 9.84 Å². The van der Waals surface area contributed by atoms with E-state index in [1.165, 1.54) is 0 Å². The maximum absolute atomic E-state index is 11.5. The van der Waals surface area contributed by atoms with E-state index in [1.54, 1.807) is 49.4 Å². The molecule has 3 nitrogen and oxygen atoms in total. The lowest BCUT2D eigenvalue weighted by Gasteiger charge is -2.05. The molecule has 0 saturated carbocycles. The Kier molecular flexibility index (Phi) is 3.63. The van der Waals surface area contributed by atoms with Crippen molar-refractivity contribution >= 4 is 5.97 Å². The highest BCUT2D eigenvalue weighted by Gasteiger charge is 2.07. The number of benzene rings is 2. The Morgan fingerprint density at radius 1 is 1.28 bits per heavy atom. The Bertz CT molecular complexity index is 544. The number of para-hydroxylation sites is 1. The largest absolute Gasteiger partial charge is 0.507 e. The molecule has 0 fully saturated rings. The van der Waals surface area contributed by atoms with E-state index in [0.717, 1.165) is 5.56 Å². The summed E-state index contributed by atoms with van der Waals surface area (Å²) in [5.41, 5.74) is 2.02. The number of esters is 1. The molecule has 1 radical (unpaired) electrons. The molecule has 2 aromatic carbocycles. The van der Waals surface area contributed by atoms with Gasteiger partial charge in [-0.3, -0.25) is 0 Å². The third kappa shape index (κ3) is 2.51. The second-order valence-corrected chi connectivity index (χ2v) is 3.73. The van der Waals surface area contributed by atoms with Gasteiger partial charge in [-0.1, -0.05) is 30.3 Å². The molecule has 0 unspecified atom stereocenters. The molecule has 0 bridgehead atoms. The van der Waals surface area contributed by atoms with Gasteiger partial charge in [0, 0.05) is 11.6 Å². The molecule has 1 N–H and O–H groups in total. The van der Waals surface area contributed by atoms with E-state index in [9.17, 15) is 9.90 Å². The second-order valence-electron chi connectivity index (χ2n) is 3.73. The minimum atomic E-state index is -0.340. The van der Waals surface area contributed by atoms with Gasteiger partial charge in [-0.05, 0) is 24.6 Å². The fraction of sp³-hybridized carbons (Fsp3) is 0.133. The van der Waals surface area contributed by atoms with E-state index in [1.807, 2.05) is 0 Å². The van der Waals surface area contributed by atoms with Crippen LogP contribution in [0.1, 0.15) is 17.3 Å². The highest BCUT2D eigenvalue weighted by atomic mass is 16.5. The van der Waals surface area contributed by atoms with Crippen LogP contribution in [0.2, 0.25) is 0 Å². The van der Waals surface area contributed by atoms with Gasteiger partial charge in [0.15, 0.2) is 0 Å². The van der Waals surface area contributed by atoms with Crippen molar-refractivity contribution in [2.75, 3.05) is 6.61 Å². The number of carbonyl (C=O) groups is 1. The van der Waals surface area contributed by atoms with Crippen molar-refractivity contribution in [2.45, 2.75) is 6.92 Å². The Morgan fingerprint density at radius 2 is 2.00 bits per heavy atom. The van der Waals surface area contributed by atoms with E-state index < -0.39 is 0 Å². The number of hydrogen-bond donors (Lipinski definition) is 1. The third-order valence-electron chi connectivity index (χ3n) is 2.54. The number of carbonyl (C=O) groups excluding carboxylic acids is 1. The van der Waals surface area contributed by atoms with E-state index >= 15 is 0 Å². The quantitative estimate of drug-likeness (QED) is 0.840. The Hall–Kier alpha value is -2.29. The van der Waals surface area contributed by atoms with Gasteiger partial charge in [0.1, 0.15) is 5.75 Å². The zero-order valence-electron chi connectivity index (χ0n) is 10.0. The molecule has 0 amide bonds. The molecule has 0 spiro atoms. The van der Waals surface area contributed by atoms with Crippen LogP contribution in [-0.4, -0.2) is 17.7 Å². The van der Waals surface area contributed by atoms with Crippen LogP contribution in [0.3, 0.4) is 0 Å². The zero-order chi connectivity index (χ0) is 13.0. The second kappa shape index (κ2) is 5.36. The molecule has 2 aromatic rings. The van der Waals surface area contributed by atoms with Crippen molar-refractivity contribution in [1.29, 1.82) is 0 Å². The van der Waals surface area contributed by atoms with Gasteiger partial charge in [0.05, 0.1) is 12.2 Å². The Morgan fingerprint density at radius 3 is 2.61 bits per heavy atom. The smallest absolute Gasteiger partial charge is 0.338 e. The average molecular weight is 241 g/mol. The first-order chi connectivity index (χ1) is 8.72. The summed E-state index contributed by atoms with van der Waals surface area (Å²) in [6.07, 6.45) is 0. The molecule has 0 saturated heterocycles. The van der Waals surface area contributed by atoms with Gasteiger partial charge >= 0.3 is 5.97 Å². The van der Waals surface area contributed by atoms with Crippen molar-refractivity contribution in [3.63, 3.8) is 0 Å². The van der Waals surface area contributed by atoms with Crippen LogP contribution >= 0.6 is 0 Å². The highest BCUT2D eigenvalue weighted by molar-refractivity contribution is 5.90. The molecule has 0 atom stereocenters. The zero-order valence-corrected chi connectivity index (χ0v) is 10.0. The molecule has 0 aliphatic carbocycles. The summed E-state index contributed by atoms with van der Waals surface area (Å²) < 4.78 is 4.90. The molecule has 2 rings (SSSR count). The first-order valence-corrected chi connectivity index (χ1v) is 5.69. The van der Waals surface area contributed by atoms with E-state index in [4.69, 9.17) is 4.74 Å². The van der Waals surface area contributed by atoms with Gasteiger partial charge in [0.25, 0.3) is 0 Å². The summed E-state index contributed by atoms with van der Waals surface area (Å²) in [5.74, 6) is -0.241. The summed E-state index contributed by atoms with van der Waals surface area (Å²) in [7, 11) is 0. The molecular weight excluding hydrogens is 228 g/mol. The van der Waals surface area contributed by atoms with Crippen molar-refractivity contribution in [1.82, 2.24) is 0 Å². The average Bonchev–Trinajstić information content (AvgIpc) is 2.40. The van der Waals surface area contributed by atoms with Crippen LogP contribution in [0.5, 0.6) is 5.75 Å². The summed E-state index contributed by atoms with van der Waals surface area (Å²) in [4.78, 5) is 11.5. The minimum absolute atomic E-state index is 0.0985. The van der Waals surface area contributed by atoms with E-state index in [-0.39, 0.29) is 11.7 Å². The molecule has 91 valence electrons. The van der Waals surface area contributed by atoms with E-state index in [2.05, 4.69) is 6.07 Å². The lowest BCUT2D eigenvalue weighted by molar-refractivity contribution is 0.0526. The van der Waals surface area contributed by atoms with Crippen molar-refractivity contribution in [2.24, 2.45) is 0 Å². The SMILES string of the molecule is CCOC(=O)c1ccc(-c2ccc[c]c2O)cc1. The number of phenols is 1. The summed E-state index contributed by atoms with van der Waals surface area (Å²) in [6.45, 7) is 2.12. The first-order valence-electron chi connectivity index (χ1n) is 5.69. The van der Waals surface area contributed by atoms with Crippen LogP contribution in [0.25, 0.3) is 11.1 Å². The van der Waals surface area contributed by atoms with Crippen LogP contribution in [-0.2, 0) is 4.74 Å². The van der Waals surface area contributed by atoms with Crippen molar-refractivity contribution in [3.05, 3.63) is 54.1 Å². The number of ether oxygens (including phenoxy) is 1. The monoisotopic (exact) mass is 241 g/mol. The summed E-state index contributed by atoms with van der Waals surface area (Å²) in [5, 5.41) is 9.68. The topological polar surface area (TPSA) is 46.5 Å². The number of rotatable bonds is 3. The molecule has 0 aliphatic heterocycles. The van der Waals surface area contributed by atoms with Gasteiger partial charge in [-0.15, -0.1) is 0 Å². The number of hydrogen-bond acceptors (Lipinski definition) is 3. The molecule has 0 heterocycles. The Labute approximate surface area is 106 Å². The normalized spacial score (nSPS) is 10.1. The summed E-state index contributed by atoms with van der Waals surface area (Å²) >= 11 is 0. The van der Waals surface area contributed by atoms with Gasteiger partial charge in [0.2, 0.25) is 0 Å². The fourth-order valence-corrected chi connectivity index (χ4v) is 1.66. The lowest BCUT2D eigenvalue weighted by atomic mass is 10.0. The van der Waals surface area contributed by atoms with Crippen LogP contribution < -0.4 is 0 Å². The van der Waals surface area contributed by atoms with Crippen LogP contribution in [0.4, 0.5) is 0 Å². The fourth-order valence-electron chi connectivity index (χ4n) is 1.66. The van der Waals surface area contributed by atoms with Crippen molar-refractivity contribution in [3.8, 4) is 16.9 Å². The standard InChI is InChI=1S/C15H13O3/c1-2-18-15(17)12-9-7-11(8-10-12)13-5-3-4-6-14(13)16/h3-5,7-10,16H,2H2,1H3. The third-order valence-corrected chi connectivity index (χ3v) is 2.54. The van der Waals surface area contributed by atoms with E-state index in [0.29, 0.717) is 17.7 Å². The molecule has 18 heavy (non-hydrogen) atoms. The maximum atomic E-state index is 11.5. The Balaban J connectivity index is 2.28. The molecule has 0 aromatic heterocycles. The number of phenolic OH excluding ortho intramolecular Hbond substituents is 1. The molecule has 3 heteroatoms. The molecular formula is C15H13O3. The minimum Gasteiger partial charge on any atom is -0.507 e. The van der Waals surface area contributed by atoms with Crippen LogP contribution in [0.15, 0.2) is 42.5 Å². The lowest BCUT2D eigenvalue weighted by Crippen LogP contribution is -2.03.